The Bertz CT molecular complexity index is 628. The molecule has 2 fully saturated rings. The number of amides is 1. The SMILES string of the molecule is CS(=O)(=O)N1CCC(NC(=O)c2cc(C3CC3)on2)CC1. The Labute approximate surface area is 123 Å². The minimum absolute atomic E-state index is 0.0171. The van der Waals surface area contributed by atoms with E-state index in [1.54, 1.807) is 6.07 Å². The molecule has 0 bridgehead atoms. The van der Waals surface area contributed by atoms with Crippen LogP contribution in [0.2, 0.25) is 0 Å². The van der Waals surface area contributed by atoms with Crippen LogP contribution in [-0.4, -0.2) is 49.2 Å². The third-order valence-corrected chi connectivity index (χ3v) is 5.30. The molecular formula is C13H19N3O4S. The van der Waals surface area contributed by atoms with Crippen LogP contribution in [0.4, 0.5) is 0 Å². The van der Waals surface area contributed by atoms with Crippen molar-refractivity contribution in [2.75, 3.05) is 19.3 Å². The Kier molecular flexibility index (Phi) is 3.75. The standard InChI is InChI=1S/C13H19N3O4S/c1-21(18,19)16-6-4-10(5-7-16)14-13(17)11-8-12(20-15-11)9-2-3-9/h8-10H,2-7H2,1H3,(H,14,17). The molecule has 1 saturated carbocycles. The van der Waals surface area contributed by atoms with Crippen molar-refractivity contribution < 1.29 is 17.7 Å². The van der Waals surface area contributed by atoms with E-state index in [0.717, 1.165) is 18.6 Å². The maximum atomic E-state index is 12.1. The van der Waals surface area contributed by atoms with Crippen LogP contribution in [0, 0.1) is 0 Å². The number of nitrogens with one attached hydrogen (secondary N) is 1. The van der Waals surface area contributed by atoms with E-state index in [0.29, 0.717) is 37.5 Å². The van der Waals surface area contributed by atoms with E-state index in [-0.39, 0.29) is 11.9 Å². The number of aromatic nitrogens is 1. The second-order valence-electron chi connectivity index (χ2n) is 5.80. The van der Waals surface area contributed by atoms with Crippen molar-refractivity contribution in [2.24, 2.45) is 0 Å². The molecule has 1 aliphatic carbocycles. The molecule has 1 aromatic rings. The van der Waals surface area contributed by atoms with Crippen molar-refractivity contribution in [1.82, 2.24) is 14.8 Å². The number of sulfonamides is 1. The summed E-state index contributed by atoms with van der Waals surface area (Å²) in [6, 6.07) is 1.69. The van der Waals surface area contributed by atoms with Gasteiger partial charge < -0.3 is 9.84 Å². The lowest BCUT2D eigenvalue weighted by Crippen LogP contribution is -2.46. The van der Waals surface area contributed by atoms with Gasteiger partial charge in [0.05, 0.1) is 6.26 Å². The van der Waals surface area contributed by atoms with Crippen molar-refractivity contribution in [2.45, 2.75) is 37.6 Å². The molecule has 8 heteroatoms. The predicted molar refractivity (Wildman–Crippen MR) is 75.4 cm³/mol. The second-order valence-corrected chi connectivity index (χ2v) is 7.78. The van der Waals surface area contributed by atoms with Crippen LogP contribution in [-0.2, 0) is 10.0 Å². The zero-order chi connectivity index (χ0) is 15.0. The van der Waals surface area contributed by atoms with Crippen molar-refractivity contribution in [3.05, 3.63) is 17.5 Å². The molecule has 0 atom stereocenters. The lowest BCUT2D eigenvalue weighted by molar-refractivity contribution is 0.0914. The van der Waals surface area contributed by atoms with E-state index in [9.17, 15) is 13.2 Å². The molecule has 7 nitrogen and oxygen atoms in total. The molecule has 0 spiro atoms. The van der Waals surface area contributed by atoms with Crippen LogP contribution in [0.25, 0.3) is 0 Å². The van der Waals surface area contributed by atoms with E-state index in [4.69, 9.17) is 4.52 Å². The van der Waals surface area contributed by atoms with Gasteiger partial charge in [0.2, 0.25) is 10.0 Å². The molecule has 0 unspecified atom stereocenters. The van der Waals surface area contributed by atoms with Crippen LogP contribution in [0.1, 0.15) is 47.8 Å². The summed E-state index contributed by atoms with van der Waals surface area (Å²) in [4.78, 5) is 12.1. The summed E-state index contributed by atoms with van der Waals surface area (Å²) in [6.45, 7) is 0.881. The van der Waals surface area contributed by atoms with Crippen LogP contribution < -0.4 is 5.32 Å². The van der Waals surface area contributed by atoms with Gasteiger partial charge in [-0.15, -0.1) is 0 Å². The summed E-state index contributed by atoms with van der Waals surface area (Å²) in [5, 5.41) is 6.70. The number of rotatable bonds is 4. The minimum atomic E-state index is -3.14. The van der Waals surface area contributed by atoms with Gasteiger partial charge in [-0.2, -0.15) is 0 Å². The molecule has 2 aliphatic rings. The first kappa shape index (κ1) is 14.5. The van der Waals surface area contributed by atoms with E-state index in [1.165, 1.54) is 10.6 Å². The number of nitrogens with zero attached hydrogens (tertiary/aromatic N) is 2. The first-order chi connectivity index (χ1) is 9.93. The molecule has 1 N–H and O–H groups in total. The smallest absolute Gasteiger partial charge is 0.273 e. The Morgan fingerprint density at radius 2 is 2.00 bits per heavy atom. The monoisotopic (exact) mass is 313 g/mol. The highest BCUT2D eigenvalue weighted by molar-refractivity contribution is 7.88. The number of hydrogen-bond acceptors (Lipinski definition) is 5. The van der Waals surface area contributed by atoms with E-state index in [1.807, 2.05) is 0 Å². The maximum Gasteiger partial charge on any atom is 0.273 e. The zero-order valence-corrected chi connectivity index (χ0v) is 12.7. The fourth-order valence-electron chi connectivity index (χ4n) is 2.55. The third-order valence-electron chi connectivity index (χ3n) is 4.00. The number of carbonyl (C=O) groups excluding carboxylic acids is 1. The fraction of sp³-hybridized carbons (Fsp3) is 0.692. The van der Waals surface area contributed by atoms with Gasteiger partial charge in [-0.3, -0.25) is 4.79 Å². The average Bonchev–Trinajstić information content (AvgIpc) is 3.16. The molecule has 21 heavy (non-hydrogen) atoms. The first-order valence-electron chi connectivity index (χ1n) is 7.16. The van der Waals surface area contributed by atoms with Gasteiger partial charge >= 0.3 is 0 Å². The van der Waals surface area contributed by atoms with Gasteiger partial charge in [0.15, 0.2) is 5.69 Å². The van der Waals surface area contributed by atoms with Crippen LogP contribution in [0.5, 0.6) is 0 Å². The highest BCUT2D eigenvalue weighted by Gasteiger charge is 2.30. The first-order valence-corrected chi connectivity index (χ1v) is 9.01. The summed E-state index contributed by atoms with van der Waals surface area (Å²) in [7, 11) is -3.14. The Morgan fingerprint density at radius 3 is 2.57 bits per heavy atom. The van der Waals surface area contributed by atoms with Gasteiger partial charge in [-0.25, -0.2) is 12.7 Å². The molecular weight excluding hydrogens is 294 g/mol. The quantitative estimate of drug-likeness (QED) is 0.883. The molecule has 0 radical (unpaired) electrons. The average molecular weight is 313 g/mol. The maximum absolute atomic E-state index is 12.1. The fourth-order valence-corrected chi connectivity index (χ4v) is 3.42. The summed E-state index contributed by atoms with van der Waals surface area (Å²) >= 11 is 0. The molecule has 3 rings (SSSR count). The van der Waals surface area contributed by atoms with E-state index < -0.39 is 10.0 Å². The molecule has 0 aromatic carbocycles. The molecule has 1 aromatic heterocycles. The van der Waals surface area contributed by atoms with Crippen LogP contribution >= 0.6 is 0 Å². The summed E-state index contributed by atoms with van der Waals surface area (Å²) in [5.74, 6) is 0.965. The van der Waals surface area contributed by atoms with Gasteiger partial charge in [-0.05, 0) is 25.7 Å². The summed E-state index contributed by atoms with van der Waals surface area (Å²) in [5.41, 5.74) is 0.308. The normalized spacial score (nSPS) is 21.4. The number of hydrogen-bond donors (Lipinski definition) is 1. The minimum Gasteiger partial charge on any atom is -0.360 e. The van der Waals surface area contributed by atoms with Gasteiger partial charge in [0, 0.05) is 31.1 Å². The van der Waals surface area contributed by atoms with Crippen molar-refractivity contribution in [3.63, 3.8) is 0 Å². The molecule has 1 amide bonds. The highest BCUT2D eigenvalue weighted by atomic mass is 32.2. The molecule has 116 valence electrons. The number of carbonyl (C=O) groups is 1. The van der Waals surface area contributed by atoms with Crippen LogP contribution in [0.15, 0.2) is 10.6 Å². The molecule has 1 saturated heterocycles. The second kappa shape index (κ2) is 5.42. The summed E-state index contributed by atoms with van der Waals surface area (Å²) in [6.07, 6.45) is 4.64. The lowest BCUT2D eigenvalue weighted by atomic mass is 10.1. The van der Waals surface area contributed by atoms with E-state index >= 15 is 0 Å². The van der Waals surface area contributed by atoms with Gasteiger partial charge in [0.1, 0.15) is 5.76 Å². The lowest BCUT2D eigenvalue weighted by Gasteiger charge is -2.30. The predicted octanol–water partition coefficient (Wildman–Crippen LogP) is 0.706. The van der Waals surface area contributed by atoms with Crippen molar-refractivity contribution >= 4 is 15.9 Å². The Hall–Kier alpha value is -1.41. The highest BCUT2D eigenvalue weighted by Crippen LogP contribution is 2.40. The third kappa shape index (κ3) is 3.44. The van der Waals surface area contributed by atoms with Crippen LogP contribution in [0.3, 0.4) is 0 Å². The largest absolute Gasteiger partial charge is 0.360 e. The van der Waals surface area contributed by atoms with Crippen molar-refractivity contribution in [1.29, 1.82) is 0 Å². The van der Waals surface area contributed by atoms with Gasteiger partial charge in [-0.1, -0.05) is 5.16 Å². The van der Waals surface area contributed by atoms with Gasteiger partial charge in [0.25, 0.3) is 5.91 Å². The zero-order valence-electron chi connectivity index (χ0n) is 11.9. The topological polar surface area (TPSA) is 92.5 Å². The van der Waals surface area contributed by atoms with Crippen molar-refractivity contribution in [3.8, 4) is 0 Å². The van der Waals surface area contributed by atoms with E-state index in [2.05, 4.69) is 10.5 Å². The molecule has 1 aliphatic heterocycles. The number of piperidine rings is 1. The molecule has 2 heterocycles. The summed E-state index contributed by atoms with van der Waals surface area (Å²) < 4.78 is 29.5. The Morgan fingerprint density at radius 1 is 1.33 bits per heavy atom. The Balaban J connectivity index is 1.53.